The van der Waals surface area contributed by atoms with E-state index in [1.54, 1.807) is 0 Å². The van der Waals surface area contributed by atoms with Gasteiger partial charge in [0.2, 0.25) is 5.91 Å². The first kappa shape index (κ1) is 16.5. The zero-order chi connectivity index (χ0) is 15.6. The summed E-state index contributed by atoms with van der Waals surface area (Å²) < 4.78 is 1.03. The van der Waals surface area contributed by atoms with Crippen LogP contribution >= 0.6 is 15.9 Å². The van der Waals surface area contributed by atoms with Crippen LogP contribution in [0.25, 0.3) is 0 Å². The number of carbonyl (C=O) groups is 1. The van der Waals surface area contributed by atoms with Crippen molar-refractivity contribution in [2.24, 2.45) is 11.7 Å². The lowest BCUT2D eigenvalue weighted by Crippen LogP contribution is -2.39. The van der Waals surface area contributed by atoms with Crippen LogP contribution in [0.5, 0.6) is 0 Å². The highest BCUT2D eigenvalue weighted by atomic mass is 79.9. The highest BCUT2D eigenvalue weighted by molar-refractivity contribution is 9.10. The summed E-state index contributed by atoms with van der Waals surface area (Å²) in [5, 5.41) is 0. The van der Waals surface area contributed by atoms with Crippen LogP contribution in [0.2, 0.25) is 0 Å². The van der Waals surface area contributed by atoms with Gasteiger partial charge in [-0.15, -0.1) is 0 Å². The Morgan fingerprint density at radius 3 is 2.62 bits per heavy atom. The average molecular weight is 353 g/mol. The number of halogens is 1. The highest BCUT2D eigenvalue weighted by Crippen LogP contribution is 2.49. The predicted molar refractivity (Wildman–Crippen MR) is 90.1 cm³/mol. The van der Waals surface area contributed by atoms with Gasteiger partial charge in [-0.25, -0.2) is 0 Å². The van der Waals surface area contributed by atoms with Crippen LogP contribution in [0.1, 0.15) is 38.7 Å². The van der Waals surface area contributed by atoms with Gasteiger partial charge >= 0.3 is 0 Å². The van der Waals surface area contributed by atoms with Gasteiger partial charge in [0.25, 0.3) is 0 Å². The Balaban J connectivity index is 2.02. The molecule has 0 aromatic heterocycles. The number of rotatable bonds is 6. The van der Waals surface area contributed by atoms with Gasteiger partial charge in [-0.3, -0.25) is 4.79 Å². The van der Waals surface area contributed by atoms with E-state index in [0.717, 1.165) is 35.8 Å². The van der Waals surface area contributed by atoms with E-state index in [4.69, 9.17) is 5.73 Å². The van der Waals surface area contributed by atoms with Crippen molar-refractivity contribution in [2.45, 2.75) is 44.6 Å². The van der Waals surface area contributed by atoms with E-state index in [-0.39, 0.29) is 17.4 Å². The van der Waals surface area contributed by atoms with E-state index >= 15 is 0 Å². The smallest absolute Gasteiger partial charge is 0.232 e. The molecule has 1 amide bonds. The van der Waals surface area contributed by atoms with E-state index in [1.807, 2.05) is 24.1 Å². The summed E-state index contributed by atoms with van der Waals surface area (Å²) in [4.78, 5) is 14.6. The van der Waals surface area contributed by atoms with Gasteiger partial charge in [0.15, 0.2) is 0 Å². The van der Waals surface area contributed by atoms with Crippen molar-refractivity contribution < 1.29 is 4.79 Å². The standard InChI is InChI=1S/C17H25BrN2O/c1-12(2)15(19)7-10-20(3)16(21)17(8-9-17)13-5-4-6-14(18)11-13/h4-6,11-12,15H,7-10,19H2,1-3H3. The lowest BCUT2D eigenvalue weighted by Gasteiger charge is -2.26. The molecule has 1 saturated carbocycles. The summed E-state index contributed by atoms with van der Waals surface area (Å²) in [7, 11) is 1.90. The first-order valence-electron chi connectivity index (χ1n) is 7.64. The van der Waals surface area contributed by atoms with Crippen LogP contribution in [-0.2, 0) is 10.2 Å². The molecule has 3 nitrogen and oxygen atoms in total. The minimum absolute atomic E-state index is 0.154. The fourth-order valence-electron chi connectivity index (χ4n) is 2.68. The van der Waals surface area contributed by atoms with Crippen LogP contribution in [-0.4, -0.2) is 30.4 Å². The van der Waals surface area contributed by atoms with Gasteiger partial charge in [-0.2, -0.15) is 0 Å². The number of amides is 1. The third-order valence-electron chi connectivity index (χ3n) is 4.54. The number of nitrogens with zero attached hydrogens (tertiary/aromatic N) is 1. The summed E-state index contributed by atoms with van der Waals surface area (Å²) in [5.41, 5.74) is 6.91. The number of likely N-dealkylation sites (N-methyl/N-ethyl adjacent to an activating group) is 1. The molecule has 0 bridgehead atoms. The van der Waals surface area contributed by atoms with E-state index < -0.39 is 0 Å². The molecule has 21 heavy (non-hydrogen) atoms. The Morgan fingerprint density at radius 2 is 2.10 bits per heavy atom. The fourth-order valence-corrected chi connectivity index (χ4v) is 3.08. The topological polar surface area (TPSA) is 46.3 Å². The summed E-state index contributed by atoms with van der Waals surface area (Å²) in [5.74, 6) is 0.685. The molecule has 2 rings (SSSR count). The van der Waals surface area contributed by atoms with Crippen LogP contribution in [0.4, 0.5) is 0 Å². The first-order valence-corrected chi connectivity index (χ1v) is 8.43. The number of benzene rings is 1. The zero-order valence-electron chi connectivity index (χ0n) is 13.1. The van der Waals surface area contributed by atoms with Crippen molar-refractivity contribution >= 4 is 21.8 Å². The van der Waals surface area contributed by atoms with E-state index in [9.17, 15) is 4.79 Å². The Labute approximate surface area is 136 Å². The molecular formula is C17H25BrN2O. The van der Waals surface area contributed by atoms with Crippen LogP contribution in [0, 0.1) is 5.92 Å². The number of hydrogen-bond acceptors (Lipinski definition) is 2. The third kappa shape index (κ3) is 3.67. The van der Waals surface area contributed by atoms with Gasteiger partial charge in [0.1, 0.15) is 0 Å². The largest absolute Gasteiger partial charge is 0.345 e. The molecule has 0 aliphatic heterocycles. The molecule has 2 N–H and O–H groups in total. The van der Waals surface area contributed by atoms with Crippen molar-refractivity contribution in [3.8, 4) is 0 Å². The third-order valence-corrected chi connectivity index (χ3v) is 5.03. The maximum Gasteiger partial charge on any atom is 0.232 e. The normalized spacial score (nSPS) is 17.6. The molecule has 1 aliphatic carbocycles. The van der Waals surface area contributed by atoms with Crippen LogP contribution < -0.4 is 5.73 Å². The second-order valence-electron chi connectivity index (χ2n) is 6.52. The lowest BCUT2D eigenvalue weighted by atomic mass is 9.94. The monoisotopic (exact) mass is 352 g/mol. The van der Waals surface area contributed by atoms with Gasteiger partial charge in [0.05, 0.1) is 5.41 Å². The quantitative estimate of drug-likeness (QED) is 0.853. The number of carbonyl (C=O) groups excluding carboxylic acids is 1. The summed E-state index contributed by atoms with van der Waals surface area (Å²) in [6.45, 7) is 4.97. The molecule has 0 spiro atoms. The van der Waals surface area contributed by atoms with Gasteiger partial charge < -0.3 is 10.6 Å². The van der Waals surface area contributed by atoms with Crippen LogP contribution in [0.15, 0.2) is 28.7 Å². The predicted octanol–water partition coefficient (Wildman–Crippen LogP) is 3.31. The second kappa shape index (κ2) is 6.49. The van der Waals surface area contributed by atoms with Gasteiger partial charge in [0, 0.05) is 24.1 Å². The van der Waals surface area contributed by atoms with Crippen molar-refractivity contribution in [1.29, 1.82) is 0 Å². The maximum absolute atomic E-state index is 12.8. The Morgan fingerprint density at radius 1 is 1.43 bits per heavy atom. The molecule has 1 unspecified atom stereocenters. The molecule has 116 valence electrons. The Kier molecular flexibility index (Phi) is 5.10. The molecule has 4 heteroatoms. The maximum atomic E-state index is 12.8. The molecule has 1 aromatic rings. The molecule has 1 fully saturated rings. The van der Waals surface area contributed by atoms with Crippen molar-refractivity contribution in [3.05, 3.63) is 34.3 Å². The second-order valence-corrected chi connectivity index (χ2v) is 7.43. The number of nitrogens with two attached hydrogens (primary N) is 1. The molecule has 0 heterocycles. The molecular weight excluding hydrogens is 328 g/mol. The molecule has 1 aromatic carbocycles. The Bertz CT molecular complexity index is 511. The van der Waals surface area contributed by atoms with E-state index in [2.05, 4.69) is 41.9 Å². The molecule has 0 saturated heterocycles. The van der Waals surface area contributed by atoms with Crippen molar-refractivity contribution in [3.63, 3.8) is 0 Å². The van der Waals surface area contributed by atoms with Gasteiger partial charge in [-0.1, -0.05) is 41.9 Å². The molecule has 1 atom stereocenters. The lowest BCUT2D eigenvalue weighted by molar-refractivity contribution is -0.132. The van der Waals surface area contributed by atoms with E-state index in [1.165, 1.54) is 0 Å². The summed E-state index contributed by atoms with van der Waals surface area (Å²) >= 11 is 3.49. The minimum atomic E-state index is -0.291. The molecule has 0 radical (unpaired) electrons. The zero-order valence-corrected chi connectivity index (χ0v) is 14.7. The fraction of sp³-hybridized carbons (Fsp3) is 0.588. The van der Waals surface area contributed by atoms with Crippen molar-refractivity contribution in [1.82, 2.24) is 4.90 Å². The average Bonchev–Trinajstić information content (AvgIpc) is 3.25. The van der Waals surface area contributed by atoms with Crippen molar-refractivity contribution in [2.75, 3.05) is 13.6 Å². The minimum Gasteiger partial charge on any atom is -0.345 e. The Hall–Kier alpha value is -0.870. The van der Waals surface area contributed by atoms with Crippen LogP contribution in [0.3, 0.4) is 0 Å². The molecule has 1 aliphatic rings. The summed E-state index contributed by atoms with van der Waals surface area (Å²) in [6.07, 6.45) is 2.75. The first-order chi connectivity index (χ1) is 9.86. The summed E-state index contributed by atoms with van der Waals surface area (Å²) in [6, 6.07) is 8.28. The van der Waals surface area contributed by atoms with Gasteiger partial charge in [-0.05, 0) is 42.9 Å². The van der Waals surface area contributed by atoms with E-state index in [0.29, 0.717) is 5.92 Å². The highest BCUT2D eigenvalue weighted by Gasteiger charge is 2.52. The SMILES string of the molecule is CC(C)C(N)CCN(C)C(=O)C1(c2cccc(Br)c2)CC1. The number of hydrogen-bond donors (Lipinski definition) is 1.